The molecular formula is C23H27N3O4. The summed E-state index contributed by atoms with van der Waals surface area (Å²) in [6.45, 7) is 7.95. The first-order chi connectivity index (χ1) is 14.4. The predicted molar refractivity (Wildman–Crippen MR) is 118 cm³/mol. The Bertz CT molecular complexity index is 1160. The molecule has 1 amide bonds. The zero-order chi connectivity index (χ0) is 21.8. The van der Waals surface area contributed by atoms with Crippen LogP contribution in [0.2, 0.25) is 0 Å². The number of nitrogens with zero attached hydrogens (tertiary/aromatic N) is 2. The van der Waals surface area contributed by atoms with Crippen molar-refractivity contribution >= 4 is 16.8 Å². The standard InChI is InChI=1S/C23H27N3O4/c1-5-15(3)24-21(27)16(4)25-20-10-8-7-9-19(20)22(28)26(23(25)29)17-11-13-18(14-12-17)30-6-2/h7-16H,5-6H2,1-4H3,(H,24,27). The molecule has 0 aliphatic heterocycles. The van der Waals surface area contributed by atoms with Gasteiger partial charge in [-0.1, -0.05) is 19.1 Å². The second kappa shape index (κ2) is 8.98. The molecule has 7 heteroatoms. The quantitative estimate of drug-likeness (QED) is 0.650. The number of ether oxygens (including phenoxy) is 1. The number of amides is 1. The van der Waals surface area contributed by atoms with Crippen molar-refractivity contribution in [3.63, 3.8) is 0 Å². The molecule has 158 valence electrons. The van der Waals surface area contributed by atoms with Gasteiger partial charge in [-0.05, 0) is 63.6 Å². The van der Waals surface area contributed by atoms with Crippen LogP contribution in [0.25, 0.3) is 16.6 Å². The molecule has 0 saturated carbocycles. The van der Waals surface area contributed by atoms with Crippen molar-refractivity contribution in [1.82, 2.24) is 14.5 Å². The molecule has 7 nitrogen and oxygen atoms in total. The minimum atomic E-state index is -0.786. The first-order valence-electron chi connectivity index (χ1n) is 10.2. The van der Waals surface area contributed by atoms with Crippen LogP contribution in [0, 0.1) is 0 Å². The van der Waals surface area contributed by atoms with Gasteiger partial charge in [0, 0.05) is 6.04 Å². The fourth-order valence-electron chi connectivity index (χ4n) is 3.33. The van der Waals surface area contributed by atoms with Gasteiger partial charge >= 0.3 is 5.69 Å². The molecule has 0 aliphatic rings. The molecule has 0 bridgehead atoms. The fourth-order valence-corrected chi connectivity index (χ4v) is 3.33. The van der Waals surface area contributed by atoms with Crippen LogP contribution < -0.4 is 21.3 Å². The highest BCUT2D eigenvalue weighted by molar-refractivity contribution is 5.84. The van der Waals surface area contributed by atoms with Crippen molar-refractivity contribution in [2.45, 2.75) is 46.2 Å². The highest BCUT2D eigenvalue weighted by Crippen LogP contribution is 2.17. The molecule has 2 unspecified atom stereocenters. The number of carbonyl (C=O) groups is 1. The van der Waals surface area contributed by atoms with Gasteiger partial charge in [0.1, 0.15) is 11.8 Å². The molecule has 1 N–H and O–H groups in total. The molecule has 30 heavy (non-hydrogen) atoms. The van der Waals surface area contributed by atoms with E-state index in [2.05, 4.69) is 5.32 Å². The smallest absolute Gasteiger partial charge is 0.336 e. The minimum absolute atomic E-state index is 0.0149. The lowest BCUT2D eigenvalue weighted by molar-refractivity contribution is -0.124. The number of aromatic nitrogens is 2. The van der Waals surface area contributed by atoms with Crippen molar-refractivity contribution in [3.05, 3.63) is 69.4 Å². The van der Waals surface area contributed by atoms with Crippen LogP contribution in [0.15, 0.2) is 58.1 Å². The Morgan fingerprint density at radius 2 is 1.70 bits per heavy atom. The molecule has 0 fully saturated rings. The van der Waals surface area contributed by atoms with Crippen LogP contribution in [0.3, 0.4) is 0 Å². The van der Waals surface area contributed by atoms with Crippen molar-refractivity contribution in [2.75, 3.05) is 6.61 Å². The van der Waals surface area contributed by atoms with Gasteiger partial charge in [0.15, 0.2) is 0 Å². The summed E-state index contributed by atoms with van der Waals surface area (Å²) in [5.74, 6) is 0.380. The van der Waals surface area contributed by atoms with E-state index in [1.807, 2.05) is 20.8 Å². The average molecular weight is 409 g/mol. The molecule has 0 radical (unpaired) electrons. The highest BCUT2D eigenvalue weighted by atomic mass is 16.5. The van der Waals surface area contributed by atoms with Gasteiger partial charge < -0.3 is 10.1 Å². The lowest BCUT2D eigenvalue weighted by Gasteiger charge is -2.21. The van der Waals surface area contributed by atoms with Crippen LogP contribution in [-0.4, -0.2) is 27.7 Å². The summed E-state index contributed by atoms with van der Waals surface area (Å²) in [7, 11) is 0. The Kier molecular flexibility index (Phi) is 6.40. The summed E-state index contributed by atoms with van der Waals surface area (Å²) in [5, 5.41) is 3.28. The van der Waals surface area contributed by atoms with Crippen molar-refractivity contribution in [2.24, 2.45) is 0 Å². The molecular weight excluding hydrogens is 382 g/mol. The van der Waals surface area contributed by atoms with Gasteiger partial charge in [0.2, 0.25) is 5.91 Å². The number of hydrogen-bond acceptors (Lipinski definition) is 4. The van der Waals surface area contributed by atoms with E-state index in [9.17, 15) is 14.4 Å². The zero-order valence-corrected chi connectivity index (χ0v) is 17.7. The Hall–Kier alpha value is -3.35. The Labute approximate surface area is 174 Å². The van der Waals surface area contributed by atoms with E-state index < -0.39 is 17.3 Å². The second-order valence-corrected chi connectivity index (χ2v) is 7.23. The molecule has 3 rings (SSSR count). The zero-order valence-electron chi connectivity index (χ0n) is 17.7. The summed E-state index contributed by atoms with van der Waals surface area (Å²) < 4.78 is 7.93. The number of benzene rings is 2. The monoisotopic (exact) mass is 409 g/mol. The first kappa shape index (κ1) is 21.4. The van der Waals surface area contributed by atoms with Crippen LogP contribution >= 0.6 is 0 Å². The highest BCUT2D eigenvalue weighted by Gasteiger charge is 2.23. The fraction of sp³-hybridized carbons (Fsp3) is 0.348. The minimum Gasteiger partial charge on any atom is -0.494 e. The lowest BCUT2D eigenvalue weighted by atomic mass is 10.2. The van der Waals surface area contributed by atoms with Crippen LogP contribution in [0.5, 0.6) is 5.75 Å². The average Bonchev–Trinajstić information content (AvgIpc) is 2.75. The second-order valence-electron chi connectivity index (χ2n) is 7.23. The van der Waals surface area contributed by atoms with Gasteiger partial charge in [0.25, 0.3) is 5.56 Å². The van der Waals surface area contributed by atoms with Crippen molar-refractivity contribution in [3.8, 4) is 11.4 Å². The Morgan fingerprint density at radius 3 is 2.33 bits per heavy atom. The number of carbonyl (C=O) groups excluding carboxylic acids is 1. The third kappa shape index (κ3) is 4.01. The normalized spacial score (nSPS) is 13.1. The molecule has 1 heterocycles. The van der Waals surface area contributed by atoms with Gasteiger partial charge in [-0.2, -0.15) is 0 Å². The summed E-state index contributed by atoms with van der Waals surface area (Å²) in [6, 6.07) is 12.8. The maximum absolute atomic E-state index is 13.4. The maximum Gasteiger partial charge on any atom is 0.336 e. The molecule has 0 saturated heterocycles. The molecule has 0 spiro atoms. The number of fused-ring (bicyclic) bond motifs is 1. The molecule has 3 aromatic rings. The summed E-state index contributed by atoms with van der Waals surface area (Å²) in [6.07, 6.45) is 0.778. The maximum atomic E-state index is 13.4. The molecule has 1 aromatic heterocycles. The van der Waals surface area contributed by atoms with Crippen LogP contribution in [0.4, 0.5) is 0 Å². The Balaban J connectivity index is 2.21. The topological polar surface area (TPSA) is 82.3 Å². The third-order valence-electron chi connectivity index (χ3n) is 5.17. The van der Waals surface area contributed by atoms with Crippen LogP contribution in [-0.2, 0) is 4.79 Å². The van der Waals surface area contributed by atoms with Crippen molar-refractivity contribution in [1.29, 1.82) is 0 Å². The SMILES string of the molecule is CCOc1ccc(-n2c(=O)c3ccccc3n(C(C)C(=O)NC(C)CC)c2=O)cc1. The summed E-state index contributed by atoms with van der Waals surface area (Å²) >= 11 is 0. The van der Waals surface area contributed by atoms with E-state index in [1.54, 1.807) is 55.5 Å². The van der Waals surface area contributed by atoms with Crippen LogP contribution in [0.1, 0.15) is 40.2 Å². The van der Waals surface area contributed by atoms with Gasteiger partial charge in [0.05, 0.1) is 23.2 Å². The van der Waals surface area contributed by atoms with Gasteiger partial charge in [-0.3, -0.25) is 14.2 Å². The lowest BCUT2D eigenvalue weighted by Crippen LogP contribution is -2.45. The number of nitrogens with one attached hydrogen (secondary N) is 1. The number of rotatable bonds is 7. The van der Waals surface area contributed by atoms with Gasteiger partial charge in [-0.25, -0.2) is 9.36 Å². The number of para-hydroxylation sites is 1. The predicted octanol–water partition coefficient (Wildman–Crippen LogP) is 3.03. The third-order valence-corrected chi connectivity index (χ3v) is 5.17. The number of hydrogen-bond donors (Lipinski definition) is 1. The van der Waals surface area contributed by atoms with E-state index in [1.165, 1.54) is 4.57 Å². The van der Waals surface area contributed by atoms with Gasteiger partial charge in [-0.15, -0.1) is 0 Å². The van der Waals surface area contributed by atoms with E-state index >= 15 is 0 Å². The summed E-state index contributed by atoms with van der Waals surface area (Å²) in [5.41, 5.74) is -0.135. The Morgan fingerprint density at radius 1 is 1.03 bits per heavy atom. The molecule has 2 aromatic carbocycles. The van der Waals surface area contributed by atoms with E-state index in [-0.39, 0.29) is 11.9 Å². The van der Waals surface area contributed by atoms with E-state index in [0.29, 0.717) is 28.9 Å². The first-order valence-corrected chi connectivity index (χ1v) is 10.2. The van der Waals surface area contributed by atoms with E-state index in [0.717, 1.165) is 11.0 Å². The van der Waals surface area contributed by atoms with Crippen molar-refractivity contribution < 1.29 is 9.53 Å². The largest absolute Gasteiger partial charge is 0.494 e. The summed E-state index contributed by atoms with van der Waals surface area (Å²) in [4.78, 5) is 39.4. The van der Waals surface area contributed by atoms with E-state index in [4.69, 9.17) is 4.74 Å². The molecule has 0 aliphatic carbocycles. The molecule has 2 atom stereocenters.